The topological polar surface area (TPSA) is 41.1 Å². The quantitative estimate of drug-likeness (QED) is 0.894. The van der Waals surface area contributed by atoms with Crippen LogP contribution in [0.3, 0.4) is 0 Å². The van der Waals surface area contributed by atoms with Gasteiger partial charge in [-0.05, 0) is 11.6 Å². The SMILES string of the molecule is O=C(NCc1ccccc1C(F)(F)F)C1CSCN1. The van der Waals surface area contributed by atoms with E-state index in [0.29, 0.717) is 11.6 Å². The van der Waals surface area contributed by atoms with Crippen molar-refractivity contribution in [2.75, 3.05) is 11.6 Å². The fraction of sp³-hybridized carbons (Fsp3) is 0.417. The Labute approximate surface area is 112 Å². The molecule has 7 heteroatoms. The molecule has 1 unspecified atom stereocenters. The van der Waals surface area contributed by atoms with E-state index in [-0.39, 0.29) is 24.1 Å². The van der Waals surface area contributed by atoms with Crippen molar-refractivity contribution in [2.24, 2.45) is 0 Å². The zero-order valence-electron chi connectivity index (χ0n) is 9.96. The number of rotatable bonds is 3. The van der Waals surface area contributed by atoms with Gasteiger partial charge in [0.25, 0.3) is 0 Å². The fourth-order valence-corrected chi connectivity index (χ4v) is 2.76. The number of carbonyl (C=O) groups excluding carboxylic acids is 1. The van der Waals surface area contributed by atoms with Crippen LogP contribution in [0.4, 0.5) is 13.2 Å². The van der Waals surface area contributed by atoms with Gasteiger partial charge in [-0.25, -0.2) is 0 Å². The Morgan fingerprint density at radius 3 is 2.79 bits per heavy atom. The number of halogens is 3. The number of thioether (sulfide) groups is 1. The van der Waals surface area contributed by atoms with E-state index < -0.39 is 11.7 Å². The fourth-order valence-electron chi connectivity index (χ4n) is 1.82. The third-order valence-electron chi connectivity index (χ3n) is 2.81. The van der Waals surface area contributed by atoms with Crippen LogP contribution in [0, 0.1) is 0 Å². The second-order valence-electron chi connectivity index (χ2n) is 4.14. The van der Waals surface area contributed by atoms with Crippen molar-refractivity contribution in [1.82, 2.24) is 10.6 Å². The van der Waals surface area contributed by atoms with Gasteiger partial charge in [0.15, 0.2) is 0 Å². The summed E-state index contributed by atoms with van der Waals surface area (Å²) < 4.78 is 38.2. The second kappa shape index (κ2) is 5.83. The number of hydrogen-bond donors (Lipinski definition) is 2. The highest BCUT2D eigenvalue weighted by molar-refractivity contribution is 7.99. The van der Waals surface area contributed by atoms with Crippen molar-refractivity contribution < 1.29 is 18.0 Å². The van der Waals surface area contributed by atoms with Crippen LogP contribution in [0.15, 0.2) is 24.3 Å². The van der Waals surface area contributed by atoms with E-state index in [2.05, 4.69) is 10.6 Å². The van der Waals surface area contributed by atoms with Gasteiger partial charge in [-0.2, -0.15) is 13.2 Å². The van der Waals surface area contributed by atoms with Crippen molar-refractivity contribution in [2.45, 2.75) is 18.8 Å². The Kier molecular flexibility index (Phi) is 4.36. The molecule has 1 aliphatic rings. The molecule has 1 heterocycles. The monoisotopic (exact) mass is 290 g/mol. The van der Waals surface area contributed by atoms with Gasteiger partial charge < -0.3 is 5.32 Å². The third kappa shape index (κ3) is 3.63. The summed E-state index contributed by atoms with van der Waals surface area (Å²) in [5.74, 6) is 1.08. The van der Waals surface area contributed by atoms with Gasteiger partial charge in [0.2, 0.25) is 5.91 Å². The van der Waals surface area contributed by atoms with Gasteiger partial charge >= 0.3 is 6.18 Å². The molecule has 0 bridgehead atoms. The molecule has 0 aliphatic carbocycles. The molecule has 1 aromatic carbocycles. The van der Waals surface area contributed by atoms with E-state index in [1.807, 2.05) is 0 Å². The molecule has 19 heavy (non-hydrogen) atoms. The first-order chi connectivity index (χ1) is 8.98. The van der Waals surface area contributed by atoms with E-state index in [1.165, 1.54) is 18.2 Å². The molecule has 2 N–H and O–H groups in total. The van der Waals surface area contributed by atoms with E-state index in [4.69, 9.17) is 0 Å². The lowest BCUT2D eigenvalue weighted by Gasteiger charge is -2.14. The minimum atomic E-state index is -4.40. The van der Waals surface area contributed by atoms with Crippen molar-refractivity contribution in [3.63, 3.8) is 0 Å². The molecule has 0 aromatic heterocycles. The predicted octanol–water partition coefficient (Wildman–Crippen LogP) is 1.98. The highest BCUT2D eigenvalue weighted by atomic mass is 32.2. The van der Waals surface area contributed by atoms with Gasteiger partial charge in [-0.3, -0.25) is 10.1 Å². The van der Waals surface area contributed by atoms with E-state index >= 15 is 0 Å². The maximum absolute atomic E-state index is 12.7. The van der Waals surface area contributed by atoms with Gasteiger partial charge in [0, 0.05) is 18.2 Å². The van der Waals surface area contributed by atoms with Crippen LogP contribution in [0.5, 0.6) is 0 Å². The highest BCUT2D eigenvalue weighted by Crippen LogP contribution is 2.31. The average Bonchev–Trinajstić information content (AvgIpc) is 2.89. The molecule has 1 aromatic rings. The molecule has 0 radical (unpaired) electrons. The summed E-state index contributed by atoms with van der Waals surface area (Å²) in [6, 6.07) is 4.94. The van der Waals surface area contributed by atoms with Crippen LogP contribution in [0.1, 0.15) is 11.1 Å². The molecule has 1 amide bonds. The molecule has 1 aliphatic heterocycles. The van der Waals surface area contributed by atoms with Crippen molar-refractivity contribution in [3.05, 3.63) is 35.4 Å². The summed E-state index contributed by atoms with van der Waals surface area (Å²) in [6.07, 6.45) is -4.40. The zero-order chi connectivity index (χ0) is 13.9. The molecular weight excluding hydrogens is 277 g/mol. The lowest BCUT2D eigenvalue weighted by molar-refractivity contribution is -0.138. The predicted molar refractivity (Wildman–Crippen MR) is 67.5 cm³/mol. The Morgan fingerprint density at radius 1 is 1.42 bits per heavy atom. The molecule has 1 saturated heterocycles. The van der Waals surface area contributed by atoms with Crippen LogP contribution in [-0.4, -0.2) is 23.6 Å². The number of amides is 1. The van der Waals surface area contributed by atoms with Gasteiger partial charge in [0.05, 0.1) is 11.6 Å². The lowest BCUT2D eigenvalue weighted by atomic mass is 10.1. The summed E-state index contributed by atoms with van der Waals surface area (Å²) in [5, 5.41) is 5.50. The van der Waals surface area contributed by atoms with Gasteiger partial charge in [-0.1, -0.05) is 18.2 Å². The van der Waals surface area contributed by atoms with Crippen molar-refractivity contribution in [1.29, 1.82) is 0 Å². The minimum Gasteiger partial charge on any atom is -0.351 e. The van der Waals surface area contributed by atoms with E-state index in [9.17, 15) is 18.0 Å². The first-order valence-electron chi connectivity index (χ1n) is 5.72. The number of benzene rings is 1. The van der Waals surface area contributed by atoms with Crippen LogP contribution in [0.25, 0.3) is 0 Å². The molecule has 104 valence electrons. The first kappa shape index (κ1) is 14.2. The lowest BCUT2D eigenvalue weighted by Crippen LogP contribution is -2.41. The summed E-state index contributed by atoms with van der Waals surface area (Å²) >= 11 is 1.59. The standard InChI is InChI=1S/C12H13F3N2OS/c13-12(14,15)9-4-2-1-3-8(9)5-16-11(18)10-6-19-7-17-10/h1-4,10,17H,5-7H2,(H,16,18). The molecule has 1 atom stereocenters. The smallest absolute Gasteiger partial charge is 0.351 e. The van der Waals surface area contributed by atoms with E-state index in [0.717, 1.165) is 6.07 Å². The van der Waals surface area contributed by atoms with Crippen molar-refractivity contribution in [3.8, 4) is 0 Å². The summed E-state index contributed by atoms with van der Waals surface area (Å²) in [7, 11) is 0. The Morgan fingerprint density at radius 2 is 2.16 bits per heavy atom. The first-order valence-corrected chi connectivity index (χ1v) is 6.88. The molecule has 2 rings (SSSR count). The number of carbonyl (C=O) groups is 1. The van der Waals surface area contributed by atoms with Crippen LogP contribution >= 0.6 is 11.8 Å². The van der Waals surface area contributed by atoms with Crippen LogP contribution in [-0.2, 0) is 17.5 Å². The summed E-state index contributed by atoms with van der Waals surface area (Å²) in [6.45, 7) is -0.114. The molecule has 0 spiro atoms. The molecule has 1 fully saturated rings. The van der Waals surface area contributed by atoms with Crippen LogP contribution in [0.2, 0.25) is 0 Å². The van der Waals surface area contributed by atoms with E-state index in [1.54, 1.807) is 11.8 Å². The van der Waals surface area contributed by atoms with Gasteiger partial charge in [0.1, 0.15) is 0 Å². The molecule has 3 nitrogen and oxygen atoms in total. The number of nitrogens with one attached hydrogen (secondary N) is 2. The maximum Gasteiger partial charge on any atom is 0.416 e. The zero-order valence-corrected chi connectivity index (χ0v) is 10.8. The summed E-state index contributed by atoms with van der Waals surface area (Å²) in [5.41, 5.74) is -0.627. The Hall–Kier alpha value is -1.21. The third-order valence-corrected chi connectivity index (χ3v) is 3.75. The minimum absolute atomic E-state index is 0.0778. The second-order valence-corrected chi connectivity index (χ2v) is 5.17. The van der Waals surface area contributed by atoms with Crippen molar-refractivity contribution >= 4 is 17.7 Å². The number of hydrogen-bond acceptors (Lipinski definition) is 3. The van der Waals surface area contributed by atoms with Crippen LogP contribution < -0.4 is 10.6 Å². The molecule has 0 saturated carbocycles. The Bertz CT molecular complexity index is 459. The Balaban J connectivity index is 2.01. The summed E-state index contributed by atoms with van der Waals surface area (Å²) in [4.78, 5) is 11.7. The highest BCUT2D eigenvalue weighted by Gasteiger charge is 2.33. The number of alkyl halides is 3. The van der Waals surface area contributed by atoms with Gasteiger partial charge in [-0.15, -0.1) is 11.8 Å². The normalized spacial score (nSPS) is 19.4. The maximum atomic E-state index is 12.7. The average molecular weight is 290 g/mol. The molecular formula is C12H13F3N2OS. The largest absolute Gasteiger partial charge is 0.416 e.